The zero-order valence-corrected chi connectivity index (χ0v) is 7.51. The Balaban J connectivity index is 4.55. The molecular weight excluding hydrogens is 192 g/mol. The fourth-order valence-corrected chi connectivity index (χ4v) is 0.707. The van der Waals surface area contributed by atoms with Gasteiger partial charge in [-0.3, -0.25) is 9.59 Å². The van der Waals surface area contributed by atoms with Gasteiger partial charge in [-0.25, -0.2) is 4.79 Å². The predicted molar refractivity (Wildman–Crippen MR) is 45.3 cm³/mol. The van der Waals surface area contributed by atoms with E-state index >= 15 is 0 Å². The van der Waals surface area contributed by atoms with Crippen molar-refractivity contribution in [2.45, 2.75) is 25.1 Å². The Morgan fingerprint density at radius 2 is 1.64 bits per heavy atom. The van der Waals surface area contributed by atoms with E-state index in [0.717, 1.165) is 0 Å². The van der Waals surface area contributed by atoms with Crippen LogP contribution in [0.4, 0.5) is 0 Å². The number of hydrogen-bond donors (Lipinski definition) is 4. The molecule has 0 aromatic heterocycles. The second kappa shape index (κ2) is 4.80. The maximum Gasteiger partial charge on any atom is 0.374 e. The molecule has 0 aromatic rings. The van der Waals surface area contributed by atoms with Gasteiger partial charge < -0.3 is 21.7 Å². The topological polar surface area (TPSA) is 144 Å². The fourth-order valence-electron chi connectivity index (χ4n) is 0.707. The average Bonchev–Trinajstić information content (AvgIpc) is 2.12. The number of nitrogens with two attached hydrogens (primary N) is 2. The van der Waals surface area contributed by atoms with Crippen molar-refractivity contribution in [3.63, 3.8) is 0 Å². The monoisotopic (exact) mass is 204 g/mol. The lowest BCUT2D eigenvalue weighted by Crippen LogP contribution is -2.53. The highest BCUT2D eigenvalue weighted by molar-refractivity contribution is 6.39. The number of carbonyl (C=O) groups excluding carboxylic acids is 2. The van der Waals surface area contributed by atoms with Crippen molar-refractivity contribution in [3.05, 3.63) is 0 Å². The highest BCUT2D eigenvalue weighted by Gasteiger charge is 2.32. The van der Waals surface area contributed by atoms with Gasteiger partial charge >= 0.3 is 5.97 Å². The van der Waals surface area contributed by atoms with Crippen molar-refractivity contribution in [1.29, 1.82) is 0 Å². The molecule has 80 valence electrons. The molecule has 6 N–H and O–H groups in total. The molecule has 3 atom stereocenters. The smallest absolute Gasteiger partial charge is 0.374 e. The first-order chi connectivity index (χ1) is 6.29. The molecule has 0 saturated heterocycles. The quantitative estimate of drug-likeness (QED) is 0.280. The van der Waals surface area contributed by atoms with Crippen LogP contribution >= 0.6 is 0 Å². The zero-order chi connectivity index (χ0) is 11.5. The summed E-state index contributed by atoms with van der Waals surface area (Å²) < 4.78 is 0. The van der Waals surface area contributed by atoms with Crippen molar-refractivity contribution in [2.24, 2.45) is 11.5 Å². The van der Waals surface area contributed by atoms with Gasteiger partial charge in [0.2, 0.25) is 0 Å². The number of aliphatic hydroxyl groups is 1. The van der Waals surface area contributed by atoms with E-state index < -0.39 is 35.7 Å². The number of carboxylic acid groups (broad SMARTS) is 1. The van der Waals surface area contributed by atoms with Crippen molar-refractivity contribution in [2.75, 3.05) is 0 Å². The number of ketones is 2. The van der Waals surface area contributed by atoms with E-state index in [-0.39, 0.29) is 0 Å². The molecule has 0 aliphatic carbocycles. The van der Waals surface area contributed by atoms with Gasteiger partial charge in [0.15, 0.2) is 5.78 Å². The van der Waals surface area contributed by atoms with Crippen LogP contribution in [0.1, 0.15) is 6.92 Å². The molecule has 0 rings (SSSR count). The maximum atomic E-state index is 11.1. The first-order valence-electron chi connectivity index (χ1n) is 3.79. The standard InChI is InChI=1S/C7H12N2O5/c1-2(10)3(8)5(11)4(9)6(12)7(13)14/h2-4,10H,8-9H2,1H3,(H,13,14). The van der Waals surface area contributed by atoms with Crippen LogP contribution in [0.25, 0.3) is 0 Å². The van der Waals surface area contributed by atoms with E-state index in [1.165, 1.54) is 6.92 Å². The third-order valence-corrected chi connectivity index (χ3v) is 1.65. The van der Waals surface area contributed by atoms with Crippen molar-refractivity contribution in [1.82, 2.24) is 0 Å². The third-order valence-electron chi connectivity index (χ3n) is 1.65. The fraction of sp³-hybridized carbons (Fsp3) is 0.571. The number of hydrogen-bond acceptors (Lipinski definition) is 6. The Morgan fingerprint density at radius 3 is 1.93 bits per heavy atom. The van der Waals surface area contributed by atoms with Gasteiger partial charge in [0.05, 0.1) is 12.1 Å². The van der Waals surface area contributed by atoms with Gasteiger partial charge in [-0.05, 0) is 6.92 Å². The molecule has 3 unspecified atom stereocenters. The van der Waals surface area contributed by atoms with Gasteiger partial charge in [0.25, 0.3) is 5.78 Å². The Morgan fingerprint density at radius 1 is 1.21 bits per heavy atom. The van der Waals surface area contributed by atoms with Gasteiger partial charge in [0, 0.05) is 0 Å². The van der Waals surface area contributed by atoms with Crippen LogP contribution in [0.3, 0.4) is 0 Å². The number of rotatable bonds is 5. The molecular formula is C7H12N2O5. The van der Waals surface area contributed by atoms with Crippen LogP contribution in [0.5, 0.6) is 0 Å². The zero-order valence-electron chi connectivity index (χ0n) is 7.51. The highest BCUT2D eigenvalue weighted by Crippen LogP contribution is 1.96. The first-order valence-corrected chi connectivity index (χ1v) is 3.79. The number of aliphatic carboxylic acids is 1. The van der Waals surface area contributed by atoms with Gasteiger partial charge in [0.1, 0.15) is 6.04 Å². The normalized spacial score (nSPS) is 16.9. The van der Waals surface area contributed by atoms with E-state index in [1.807, 2.05) is 0 Å². The third kappa shape index (κ3) is 2.87. The highest BCUT2D eigenvalue weighted by atomic mass is 16.4. The lowest BCUT2D eigenvalue weighted by atomic mass is 9.99. The van der Waals surface area contributed by atoms with Crippen LogP contribution < -0.4 is 11.5 Å². The molecule has 0 saturated carbocycles. The predicted octanol–water partition coefficient (Wildman–Crippen LogP) is -2.76. The van der Waals surface area contributed by atoms with E-state index in [1.54, 1.807) is 0 Å². The Labute approximate surface area is 79.7 Å². The van der Waals surface area contributed by atoms with Gasteiger partial charge in [-0.1, -0.05) is 0 Å². The summed E-state index contributed by atoms with van der Waals surface area (Å²) in [7, 11) is 0. The summed E-state index contributed by atoms with van der Waals surface area (Å²) >= 11 is 0. The van der Waals surface area contributed by atoms with Crippen LogP contribution in [-0.4, -0.2) is 45.9 Å². The minimum atomic E-state index is -1.82. The largest absolute Gasteiger partial charge is 0.475 e. The van der Waals surface area contributed by atoms with Crippen LogP contribution in [0.15, 0.2) is 0 Å². The maximum absolute atomic E-state index is 11.1. The summed E-state index contributed by atoms with van der Waals surface area (Å²) in [6.07, 6.45) is -1.19. The summed E-state index contributed by atoms with van der Waals surface area (Å²) in [6, 6.07) is -3.18. The van der Waals surface area contributed by atoms with E-state index in [9.17, 15) is 14.4 Å². The van der Waals surface area contributed by atoms with Gasteiger partial charge in [-0.2, -0.15) is 0 Å². The average molecular weight is 204 g/mol. The van der Waals surface area contributed by atoms with E-state index in [4.69, 9.17) is 21.7 Å². The minimum Gasteiger partial charge on any atom is -0.475 e. The Kier molecular flexibility index (Phi) is 4.35. The van der Waals surface area contributed by atoms with E-state index in [0.29, 0.717) is 0 Å². The molecule has 0 heterocycles. The molecule has 0 aliphatic rings. The van der Waals surface area contributed by atoms with Crippen molar-refractivity contribution >= 4 is 17.5 Å². The number of carboxylic acids is 1. The Bertz CT molecular complexity index is 263. The molecule has 7 heteroatoms. The summed E-state index contributed by atoms with van der Waals surface area (Å²) in [5, 5.41) is 17.1. The molecule has 0 fully saturated rings. The first kappa shape index (κ1) is 12.7. The van der Waals surface area contributed by atoms with Crippen LogP contribution in [0, 0.1) is 0 Å². The molecule has 0 amide bonds. The number of Topliss-reactive ketones (excluding diaryl/α,β-unsaturated/α-hetero) is 2. The van der Waals surface area contributed by atoms with Crippen molar-refractivity contribution < 1.29 is 24.6 Å². The summed E-state index contributed by atoms with van der Waals surface area (Å²) in [5.74, 6) is -4.23. The number of carbonyl (C=O) groups is 3. The van der Waals surface area contributed by atoms with Crippen LogP contribution in [-0.2, 0) is 14.4 Å². The molecule has 0 bridgehead atoms. The van der Waals surface area contributed by atoms with Crippen molar-refractivity contribution in [3.8, 4) is 0 Å². The summed E-state index contributed by atoms with van der Waals surface area (Å²) in [5.41, 5.74) is 10.2. The lowest BCUT2D eigenvalue weighted by Gasteiger charge is -2.15. The molecule has 14 heavy (non-hydrogen) atoms. The molecule has 0 spiro atoms. The molecule has 0 radical (unpaired) electrons. The summed E-state index contributed by atoms with van der Waals surface area (Å²) in [6.45, 7) is 1.24. The molecule has 7 nitrogen and oxygen atoms in total. The second-order valence-corrected chi connectivity index (χ2v) is 2.82. The van der Waals surface area contributed by atoms with Gasteiger partial charge in [-0.15, -0.1) is 0 Å². The van der Waals surface area contributed by atoms with Crippen LogP contribution in [0.2, 0.25) is 0 Å². The SMILES string of the molecule is CC(O)C(N)C(=O)C(N)C(=O)C(=O)O. The number of aliphatic hydroxyl groups excluding tert-OH is 1. The van der Waals surface area contributed by atoms with E-state index in [2.05, 4.69) is 0 Å². The molecule has 0 aliphatic heterocycles. The second-order valence-electron chi connectivity index (χ2n) is 2.82. The lowest BCUT2D eigenvalue weighted by molar-refractivity contribution is -0.151. The minimum absolute atomic E-state index is 0.993. The Hall–Kier alpha value is -1.31. The molecule has 0 aromatic carbocycles. The summed E-state index contributed by atoms with van der Waals surface area (Å²) in [4.78, 5) is 32.0.